The van der Waals surface area contributed by atoms with Crippen LogP contribution in [0.3, 0.4) is 0 Å². The van der Waals surface area contributed by atoms with Gasteiger partial charge in [0.2, 0.25) is 0 Å². The van der Waals surface area contributed by atoms with Crippen LogP contribution in [0, 0.1) is 0 Å². The average Bonchev–Trinajstić information content (AvgIpc) is 2.61. The molecule has 1 fully saturated rings. The maximum Gasteiger partial charge on any atom is 0.0921 e. The largest absolute Gasteiger partial charge is 0.371 e. The highest BCUT2D eigenvalue weighted by Gasteiger charge is 2.40. The second kappa shape index (κ2) is 3.23. The van der Waals surface area contributed by atoms with E-state index in [1.807, 2.05) is 6.07 Å². The second-order valence-corrected chi connectivity index (χ2v) is 4.35. The van der Waals surface area contributed by atoms with Gasteiger partial charge in [-0.05, 0) is 11.1 Å². The van der Waals surface area contributed by atoms with Crippen LogP contribution in [0.2, 0.25) is 0 Å². The highest BCUT2D eigenvalue weighted by Crippen LogP contribution is 2.38. The van der Waals surface area contributed by atoms with Gasteiger partial charge >= 0.3 is 0 Å². The summed E-state index contributed by atoms with van der Waals surface area (Å²) in [5, 5.41) is 3.24. The lowest BCUT2D eigenvalue weighted by Crippen LogP contribution is -2.28. The van der Waals surface area contributed by atoms with E-state index in [-0.39, 0.29) is 11.6 Å². The fraction of sp³-hybridized carbons (Fsp3) is 0.455. The minimum absolute atomic E-state index is 0.0152. The molecule has 3 unspecified atom stereocenters. The summed E-state index contributed by atoms with van der Waals surface area (Å²) < 4.78 is 5.75. The molecular weight excluding hydrogens is 198 g/mol. The molecule has 1 aromatic rings. The van der Waals surface area contributed by atoms with Gasteiger partial charge in [0.05, 0.1) is 18.2 Å². The smallest absolute Gasteiger partial charge is 0.0921 e. The first-order chi connectivity index (χ1) is 6.86. The van der Waals surface area contributed by atoms with Crippen molar-refractivity contribution in [2.45, 2.75) is 24.1 Å². The third-order valence-electron chi connectivity index (χ3n) is 3.10. The Bertz CT molecular complexity index is 355. The molecule has 0 amide bonds. The van der Waals surface area contributed by atoms with E-state index >= 15 is 0 Å². The summed E-state index contributed by atoms with van der Waals surface area (Å²) in [5.74, 6) is 0.321. The molecule has 3 rings (SSSR count). The summed E-state index contributed by atoms with van der Waals surface area (Å²) >= 11 is 6.22. The number of rotatable bonds is 0. The number of halogens is 1. The Morgan fingerprint density at radius 3 is 3.14 bits per heavy atom. The van der Waals surface area contributed by atoms with Crippen molar-refractivity contribution in [2.24, 2.45) is 0 Å². The third-order valence-corrected chi connectivity index (χ3v) is 3.52. The molecule has 1 saturated heterocycles. The minimum atomic E-state index is 0.0152. The molecule has 2 heterocycles. The SMILES string of the molecule is ClC1NCC2OCc3ccccc3C12. The van der Waals surface area contributed by atoms with Crippen molar-refractivity contribution in [2.75, 3.05) is 6.54 Å². The molecular formula is C11H12ClNO. The van der Waals surface area contributed by atoms with Crippen LogP contribution in [0.25, 0.3) is 0 Å². The summed E-state index contributed by atoms with van der Waals surface area (Å²) in [6.45, 7) is 1.59. The molecule has 74 valence electrons. The Morgan fingerprint density at radius 2 is 2.21 bits per heavy atom. The molecule has 0 saturated carbocycles. The Labute approximate surface area is 88.2 Å². The molecule has 0 radical (unpaired) electrons. The van der Waals surface area contributed by atoms with E-state index < -0.39 is 0 Å². The Morgan fingerprint density at radius 1 is 1.36 bits per heavy atom. The number of hydrogen-bond acceptors (Lipinski definition) is 2. The Kier molecular flexibility index (Phi) is 2.01. The number of ether oxygens (including phenoxy) is 1. The van der Waals surface area contributed by atoms with Gasteiger partial charge in [-0.1, -0.05) is 24.3 Å². The van der Waals surface area contributed by atoms with E-state index in [4.69, 9.17) is 16.3 Å². The quantitative estimate of drug-likeness (QED) is 0.520. The first-order valence-corrected chi connectivity index (χ1v) is 5.37. The zero-order valence-corrected chi connectivity index (χ0v) is 8.50. The van der Waals surface area contributed by atoms with Crippen molar-refractivity contribution in [3.05, 3.63) is 35.4 Å². The van der Waals surface area contributed by atoms with E-state index in [0.717, 1.165) is 13.2 Å². The van der Waals surface area contributed by atoms with Crippen LogP contribution in [-0.4, -0.2) is 18.1 Å². The van der Waals surface area contributed by atoms with Crippen LogP contribution in [0.1, 0.15) is 17.0 Å². The van der Waals surface area contributed by atoms with Gasteiger partial charge in [0.1, 0.15) is 0 Å². The Balaban J connectivity index is 2.07. The van der Waals surface area contributed by atoms with Gasteiger partial charge in [-0.25, -0.2) is 0 Å². The van der Waals surface area contributed by atoms with Gasteiger partial charge in [-0.3, -0.25) is 5.32 Å². The van der Waals surface area contributed by atoms with Crippen molar-refractivity contribution < 1.29 is 4.74 Å². The molecule has 0 aliphatic carbocycles. The van der Waals surface area contributed by atoms with E-state index in [0.29, 0.717) is 5.92 Å². The van der Waals surface area contributed by atoms with Crippen LogP contribution >= 0.6 is 11.6 Å². The second-order valence-electron chi connectivity index (χ2n) is 3.88. The summed E-state index contributed by atoms with van der Waals surface area (Å²) in [6.07, 6.45) is 0.257. The number of alkyl halides is 1. The first kappa shape index (κ1) is 8.72. The van der Waals surface area contributed by atoms with Crippen LogP contribution in [0.4, 0.5) is 0 Å². The lowest BCUT2D eigenvalue weighted by molar-refractivity contribution is 0.0289. The van der Waals surface area contributed by atoms with E-state index in [1.165, 1.54) is 11.1 Å². The predicted molar refractivity (Wildman–Crippen MR) is 55.4 cm³/mol. The third kappa shape index (κ3) is 1.18. The summed E-state index contributed by atoms with van der Waals surface area (Å²) in [5.41, 5.74) is 2.65. The topological polar surface area (TPSA) is 21.3 Å². The van der Waals surface area contributed by atoms with Gasteiger partial charge in [-0.2, -0.15) is 0 Å². The molecule has 0 spiro atoms. The Hall–Kier alpha value is -0.570. The van der Waals surface area contributed by atoms with E-state index in [1.54, 1.807) is 0 Å². The maximum atomic E-state index is 6.22. The summed E-state index contributed by atoms with van der Waals surface area (Å²) in [7, 11) is 0. The normalized spacial score (nSPS) is 35.1. The molecule has 2 aliphatic heterocycles. The summed E-state index contributed by atoms with van der Waals surface area (Å²) in [4.78, 5) is 0. The van der Waals surface area contributed by atoms with E-state index in [9.17, 15) is 0 Å². The average molecular weight is 210 g/mol. The van der Waals surface area contributed by atoms with Gasteiger partial charge in [0.25, 0.3) is 0 Å². The maximum absolute atomic E-state index is 6.22. The van der Waals surface area contributed by atoms with Crippen molar-refractivity contribution in [3.8, 4) is 0 Å². The lowest BCUT2D eigenvalue weighted by atomic mass is 9.89. The van der Waals surface area contributed by atoms with Gasteiger partial charge in [0.15, 0.2) is 0 Å². The fourth-order valence-electron chi connectivity index (χ4n) is 2.38. The molecule has 3 atom stereocenters. The van der Waals surface area contributed by atoms with Crippen LogP contribution in [-0.2, 0) is 11.3 Å². The number of benzene rings is 1. The number of fused-ring (bicyclic) bond motifs is 3. The molecule has 2 nitrogen and oxygen atoms in total. The van der Waals surface area contributed by atoms with Gasteiger partial charge in [-0.15, -0.1) is 11.6 Å². The zero-order chi connectivity index (χ0) is 9.54. The lowest BCUT2D eigenvalue weighted by Gasteiger charge is -2.29. The molecule has 2 aliphatic rings. The molecule has 0 bridgehead atoms. The van der Waals surface area contributed by atoms with Gasteiger partial charge < -0.3 is 4.74 Å². The number of hydrogen-bond donors (Lipinski definition) is 1. The van der Waals surface area contributed by atoms with Crippen LogP contribution < -0.4 is 5.32 Å². The predicted octanol–water partition coefficient (Wildman–Crippen LogP) is 1.84. The fourth-order valence-corrected chi connectivity index (χ4v) is 2.77. The van der Waals surface area contributed by atoms with Crippen molar-refractivity contribution in [1.82, 2.24) is 5.32 Å². The van der Waals surface area contributed by atoms with Crippen molar-refractivity contribution in [1.29, 1.82) is 0 Å². The molecule has 3 heteroatoms. The number of nitrogens with one attached hydrogen (secondary N) is 1. The summed E-state index contributed by atoms with van der Waals surface area (Å²) in [6, 6.07) is 8.41. The zero-order valence-electron chi connectivity index (χ0n) is 7.74. The highest BCUT2D eigenvalue weighted by molar-refractivity contribution is 6.21. The first-order valence-electron chi connectivity index (χ1n) is 4.93. The molecule has 1 N–H and O–H groups in total. The monoisotopic (exact) mass is 209 g/mol. The highest BCUT2D eigenvalue weighted by atomic mass is 35.5. The van der Waals surface area contributed by atoms with E-state index in [2.05, 4.69) is 23.5 Å². The molecule has 0 aromatic heterocycles. The van der Waals surface area contributed by atoms with Crippen molar-refractivity contribution >= 4 is 11.6 Å². The van der Waals surface area contributed by atoms with Crippen LogP contribution in [0.15, 0.2) is 24.3 Å². The van der Waals surface area contributed by atoms with Crippen molar-refractivity contribution in [3.63, 3.8) is 0 Å². The van der Waals surface area contributed by atoms with Gasteiger partial charge in [0, 0.05) is 12.5 Å². The molecule has 14 heavy (non-hydrogen) atoms. The minimum Gasteiger partial charge on any atom is -0.371 e. The van der Waals surface area contributed by atoms with Crippen LogP contribution in [0.5, 0.6) is 0 Å². The molecule has 1 aromatic carbocycles. The standard InChI is InChI=1S/C11H12ClNO/c12-11-10-8-4-2-1-3-7(8)6-14-9(10)5-13-11/h1-4,9-11,13H,5-6H2.